The summed E-state index contributed by atoms with van der Waals surface area (Å²) in [6, 6.07) is 3.87. The SMILES string of the molecule is CC(C)NC(=O)C(C)Nc1cc(C(=O)O)ccc1N. The Labute approximate surface area is 112 Å². The molecule has 0 aliphatic rings. The summed E-state index contributed by atoms with van der Waals surface area (Å²) in [6.07, 6.45) is 0. The molecule has 1 atom stereocenters. The van der Waals surface area contributed by atoms with Gasteiger partial charge in [-0.1, -0.05) is 0 Å². The number of hydrogen-bond acceptors (Lipinski definition) is 4. The van der Waals surface area contributed by atoms with Crippen molar-refractivity contribution >= 4 is 23.3 Å². The van der Waals surface area contributed by atoms with Crippen molar-refractivity contribution in [2.75, 3.05) is 11.1 Å². The number of aromatic carboxylic acids is 1. The number of carbonyl (C=O) groups excluding carboxylic acids is 1. The van der Waals surface area contributed by atoms with Gasteiger partial charge in [0.1, 0.15) is 6.04 Å². The predicted molar refractivity (Wildman–Crippen MR) is 74.2 cm³/mol. The average Bonchev–Trinajstić information content (AvgIpc) is 2.30. The summed E-state index contributed by atoms with van der Waals surface area (Å²) in [6.45, 7) is 5.42. The first-order chi connectivity index (χ1) is 8.81. The van der Waals surface area contributed by atoms with Crippen LogP contribution in [0.25, 0.3) is 0 Å². The molecule has 0 aromatic heterocycles. The van der Waals surface area contributed by atoms with Crippen LogP contribution in [0.3, 0.4) is 0 Å². The second-order valence-corrected chi connectivity index (χ2v) is 4.64. The lowest BCUT2D eigenvalue weighted by molar-refractivity contribution is -0.122. The van der Waals surface area contributed by atoms with Crippen molar-refractivity contribution in [2.45, 2.75) is 32.9 Å². The molecular formula is C13H19N3O3. The van der Waals surface area contributed by atoms with Crippen LogP contribution < -0.4 is 16.4 Å². The van der Waals surface area contributed by atoms with E-state index in [1.807, 2.05) is 13.8 Å². The van der Waals surface area contributed by atoms with E-state index in [0.29, 0.717) is 11.4 Å². The molecule has 104 valence electrons. The van der Waals surface area contributed by atoms with Crippen LogP contribution in [0.4, 0.5) is 11.4 Å². The Morgan fingerprint density at radius 2 is 1.89 bits per heavy atom. The van der Waals surface area contributed by atoms with E-state index < -0.39 is 12.0 Å². The quantitative estimate of drug-likeness (QED) is 0.600. The maximum atomic E-state index is 11.8. The van der Waals surface area contributed by atoms with Gasteiger partial charge in [0.25, 0.3) is 0 Å². The summed E-state index contributed by atoms with van der Waals surface area (Å²) in [4.78, 5) is 22.6. The van der Waals surface area contributed by atoms with E-state index >= 15 is 0 Å². The Bertz CT molecular complexity index is 486. The van der Waals surface area contributed by atoms with Crippen LogP contribution >= 0.6 is 0 Å². The van der Waals surface area contributed by atoms with Gasteiger partial charge in [0, 0.05) is 6.04 Å². The molecule has 0 spiro atoms. The lowest BCUT2D eigenvalue weighted by Crippen LogP contribution is -2.41. The van der Waals surface area contributed by atoms with Gasteiger partial charge >= 0.3 is 5.97 Å². The number of carboxylic acids is 1. The number of rotatable bonds is 5. The van der Waals surface area contributed by atoms with E-state index in [0.717, 1.165) is 0 Å². The molecule has 0 saturated carbocycles. The lowest BCUT2D eigenvalue weighted by atomic mass is 10.1. The molecule has 0 heterocycles. The zero-order valence-corrected chi connectivity index (χ0v) is 11.2. The van der Waals surface area contributed by atoms with Gasteiger partial charge in [0.05, 0.1) is 16.9 Å². The van der Waals surface area contributed by atoms with Crippen LogP contribution in [0.2, 0.25) is 0 Å². The lowest BCUT2D eigenvalue weighted by Gasteiger charge is -2.18. The third kappa shape index (κ3) is 4.17. The van der Waals surface area contributed by atoms with E-state index in [1.165, 1.54) is 18.2 Å². The molecule has 0 bridgehead atoms. The van der Waals surface area contributed by atoms with E-state index in [-0.39, 0.29) is 17.5 Å². The van der Waals surface area contributed by atoms with Gasteiger partial charge in [-0.2, -0.15) is 0 Å². The van der Waals surface area contributed by atoms with Crippen LogP contribution in [-0.4, -0.2) is 29.1 Å². The molecule has 1 amide bonds. The van der Waals surface area contributed by atoms with E-state index in [2.05, 4.69) is 10.6 Å². The second kappa shape index (κ2) is 6.08. The van der Waals surface area contributed by atoms with Gasteiger partial charge in [-0.3, -0.25) is 4.79 Å². The predicted octanol–water partition coefficient (Wildman–Crippen LogP) is 1.29. The zero-order chi connectivity index (χ0) is 14.6. The third-order valence-corrected chi connectivity index (χ3v) is 2.50. The van der Waals surface area contributed by atoms with Crippen molar-refractivity contribution in [3.05, 3.63) is 23.8 Å². The van der Waals surface area contributed by atoms with E-state index in [4.69, 9.17) is 10.8 Å². The number of nitrogens with two attached hydrogens (primary N) is 1. The summed E-state index contributed by atoms with van der Waals surface area (Å²) < 4.78 is 0. The minimum atomic E-state index is -1.04. The highest BCUT2D eigenvalue weighted by molar-refractivity contribution is 5.91. The molecular weight excluding hydrogens is 246 g/mol. The Balaban J connectivity index is 2.84. The molecule has 1 unspecified atom stereocenters. The number of nitrogen functional groups attached to an aromatic ring is 1. The Morgan fingerprint density at radius 3 is 2.42 bits per heavy atom. The molecule has 6 nitrogen and oxygen atoms in total. The fraction of sp³-hybridized carbons (Fsp3) is 0.385. The van der Waals surface area contributed by atoms with Crippen molar-refractivity contribution in [1.82, 2.24) is 5.32 Å². The molecule has 1 aromatic rings. The van der Waals surface area contributed by atoms with Gasteiger partial charge in [-0.05, 0) is 39.0 Å². The molecule has 0 aliphatic heterocycles. The molecule has 0 radical (unpaired) electrons. The number of amides is 1. The van der Waals surface area contributed by atoms with Crippen LogP contribution in [0.5, 0.6) is 0 Å². The maximum absolute atomic E-state index is 11.8. The highest BCUT2D eigenvalue weighted by atomic mass is 16.4. The number of hydrogen-bond donors (Lipinski definition) is 4. The summed E-state index contributed by atoms with van der Waals surface area (Å²) in [5.74, 6) is -1.21. The highest BCUT2D eigenvalue weighted by Gasteiger charge is 2.15. The standard InChI is InChI=1S/C13H19N3O3/c1-7(2)15-12(17)8(3)16-11-6-9(13(18)19)4-5-10(11)14/h4-8,16H,14H2,1-3H3,(H,15,17)(H,18,19). The molecule has 0 fully saturated rings. The number of carboxylic acid groups (broad SMARTS) is 1. The first kappa shape index (κ1) is 14.8. The number of anilines is 2. The fourth-order valence-corrected chi connectivity index (χ4v) is 1.52. The summed E-state index contributed by atoms with van der Waals surface area (Å²) in [7, 11) is 0. The normalized spacial score (nSPS) is 12.0. The number of benzene rings is 1. The molecule has 6 heteroatoms. The van der Waals surface area contributed by atoms with Crippen LogP contribution in [0.1, 0.15) is 31.1 Å². The summed E-state index contributed by atoms with van der Waals surface area (Å²) in [5, 5.41) is 14.6. The Kier molecular flexibility index (Phi) is 4.74. The van der Waals surface area contributed by atoms with Crippen molar-refractivity contribution in [3.63, 3.8) is 0 Å². The van der Waals surface area contributed by atoms with Crippen molar-refractivity contribution in [3.8, 4) is 0 Å². The smallest absolute Gasteiger partial charge is 0.335 e. The van der Waals surface area contributed by atoms with E-state index in [9.17, 15) is 9.59 Å². The van der Waals surface area contributed by atoms with Crippen LogP contribution in [0, 0.1) is 0 Å². The average molecular weight is 265 g/mol. The topological polar surface area (TPSA) is 104 Å². The molecule has 1 aromatic carbocycles. The van der Waals surface area contributed by atoms with Gasteiger partial charge in [-0.15, -0.1) is 0 Å². The van der Waals surface area contributed by atoms with Crippen LogP contribution in [-0.2, 0) is 4.79 Å². The largest absolute Gasteiger partial charge is 0.478 e. The van der Waals surface area contributed by atoms with Crippen molar-refractivity contribution in [2.24, 2.45) is 0 Å². The molecule has 5 N–H and O–H groups in total. The third-order valence-electron chi connectivity index (χ3n) is 2.50. The highest BCUT2D eigenvalue weighted by Crippen LogP contribution is 2.21. The van der Waals surface area contributed by atoms with Crippen molar-refractivity contribution < 1.29 is 14.7 Å². The summed E-state index contributed by atoms with van der Waals surface area (Å²) in [5.41, 5.74) is 6.70. The number of nitrogens with one attached hydrogen (secondary N) is 2. The first-order valence-corrected chi connectivity index (χ1v) is 6.01. The Hall–Kier alpha value is -2.24. The first-order valence-electron chi connectivity index (χ1n) is 6.01. The molecule has 0 saturated heterocycles. The zero-order valence-electron chi connectivity index (χ0n) is 11.2. The molecule has 19 heavy (non-hydrogen) atoms. The van der Waals surface area contributed by atoms with Crippen LogP contribution in [0.15, 0.2) is 18.2 Å². The van der Waals surface area contributed by atoms with Gasteiger partial charge in [-0.25, -0.2) is 4.79 Å². The molecule has 1 rings (SSSR count). The monoisotopic (exact) mass is 265 g/mol. The van der Waals surface area contributed by atoms with Gasteiger partial charge < -0.3 is 21.5 Å². The minimum Gasteiger partial charge on any atom is -0.478 e. The van der Waals surface area contributed by atoms with E-state index in [1.54, 1.807) is 6.92 Å². The second-order valence-electron chi connectivity index (χ2n) is 4.64. The van der Waals surface area contributed by atoms with Gasteiger partial charge in [0.2, 0.25) is 5.91 Å². The fourth-order valence-electron chi connectivity index (χ4n) is 1.52. The number of carbonyl (C=O) groups is 2. The molecule has 0 aliphatic carbocycles. The van der Waals surface area contributed by atoms with Crippen molar-refractivity contribution in [1.29, 1.82) is 0 Å². The maximum Gasteiger partial charge on any atom is 0.335 e. The Morgan fingerprint density at radius 1 is 1.26 bits per heavy atom. The minimum absolute atomic E-state index is 0.0412. The van der Waals surface area contributed by atoms with Gasteiger partial charge in [0.15, 0.2) is 0 Å². The summed E-state index contributed by atoms with van der Waals surface area (Å²) >= 11 is 0.